The van der Waals surface area contributed by atoms with Gasteiger partial charge in [-0.1, -0.05) is 23.5 Å². The Hall–Kier alpha value is -2.35. The number of para-hydroxylation sites is 1. The third-order valence-corrected chi connectivity index (χ3v) is 4.86. The summed E-state index contributed by atoms with van der Waals surface area (Å²) in [4.78, 5) is 29.3. The molecule has 1 unspecified atom stereocenters. The van der Waals surface area contributed by atoms with Gasteiger partial charge < -0.3 is 21.3 Å². The molecule has 1 aromatic heterocycles. The van der Waals surface area contributed by atoms with E-state index in [1.165, 1.54) is 4.70 Å². The largest absolute Gasteiger partial charge is 0.352 e. The van der Waals surface area contributed by atoms with E-state index < -0.39 is 6.03 Å². The van der Waals surface area contributed by atoms with Crippen molar-refractivity contribution in [3.05, 3.63) is 24.3 Å². The summed E-state index contributed by atoms with van der Waals surface area (Å²) in [5, 5.41) is 6.22. The predicted octanol–water partition coefficient (Wildman–Crippen LogP) is 1.05. The molecular weight excluding hydrogens is 314 g/mol. The molecule has 2 aromatic rings. The third kappa shape index (κ3) is 3.89. The second-order valence-corrected chi connectivity index (χ2v) is 6.54. The molecule has 8 heteroatoms. The smallest absolute Gasteiger partial charge is 0.312 e. The van der Waals surface area contributed by atoms with Crippen LogP contribution in [0.15, 0.2) is 24.3 Å². The molecule has 4 N–H and O–H groups in total. The molecule has 3 amide bonds. The Morgan fingerprint density at radius 3 is 3.00 bits per heavy atom. The number of aromatic nitrogens is 1. The van der Waals surface area contributed by atoms with Crippen molar-refractivity contribution in [2.45, 2.75) is 18.9 Å². The Balaban J connectivity index is 1.61. The van der Waals surface area contributed by atoms with Crippen LogP contribution in [-0.2, 0) is 4.79 Å². The lowest BCUT2D eigenvalue weighted by Crippen LogP contribution is -2.50. The maximum absolute atomic E-state index is 11.8. The van der Waals surface area contributed by atoms with Crippen molar-refractivity contribution in [3.8, 4) is 0 Å². The molecule has 0 radical (unpaired) electrons. The van der Waals surface area contributed by atoms with Gasteiger partial charge in [-0.05, 0) is 25.0 Å². The summed E-state index contributed by atoms with van der Waals surface area (Å²) in [6, 6.07) is 7.42. The highest BCUT2D eigenvalue weighted by Crippen LogP contribution is 2.30. The molecule has 1 aliphatic rings. The number of hydrogen-bond donors (Lipinski definition) is 3. The summed E-state index contributed by atoms with van der Waals surface area (Å²) in [5.74, 6) is -0.222. The van der Waals surface area contributed by atoms with Crippen LogP contribution < -0.4 is 21.3 Å². The van der Waals surface area contributed by atoms with E-state index in [0.29, 0.717) is 0 Å². The Morgan fingerprint density at radius 2 is 2.22 bits per heavy atom. The fourth-order valence-electron chi connectivity index (χ4n) is 2.71. The highest BCUT2D eigenvalue weighted by Gasteiger charge is 2.23. The van der Waals surface area contributed by atoms with Gasteiger partial charge in [-0.2, -0.15) is 0 Å². The van der Waals surface area contributed by atoms with Crippen LogP contribution in [0.25, 0.3) is 10.2 Å². The molecule has 2 heterocycles. The topological polar surface area (TPSA) is 100 Å². The number of hydrogen-bond acceptors (Lipinski definition) is 5. The summed E-state index contributed by atoms with van der Waals surface area (Å²) in [5.41, 5.74) is 5.97. The van der Waals surface area contributed by atoms with E-state index >= 15 is 0 Å². The second-order valence-electron chi connectivity index (χ2n) is 5.53. The van der Waals surface area contributed by atoms with Crippen LogP contribution in [0.1, 0.15) is 12.8 Å². The molecule has 122 valence electrons. The number of benzene rings is 1. The van der Waals surface area contributed by atoms with Crippen LogP contribution in [0.5, 0.6) is 0 Å². The minimum Gasteiger partial charge on any atom is -0.352 e. The van der Waals surface area contributed by atoms with Gasteiger partial charge in [-0.25, -0.2) is 9.78 Å². The summed E-state index contributed by atoms with van der Waals surface area (Å²) >= 11 is 1.67. The van der Waals surface area contributed by atoms with E-state index in [-0.39, 0.29) is 18.5 Å². The number of carbonyl (C=O) groups excluding carboxylic acids is 2. The molecule has 0 spiro atoms. The van der Waals surface area contributed by atoms with Crippen molar-refractivity contribution in [2.75, 3.05) is 24.5 Å². The highest BCUT2D eigenvalue weighted by atomic mass is 32.1. The fraction of sp³-hybridized carbons (Fsp3) is 0.400. The van der Waals surface area contributed by atoms with E-state index in [2.05, 4.69) is 26.6 Å². The first-order chi connectivity index (χ1) is 11.1. The third-order valence-electron chi connectivity index (χ3n) is 3.76. The average molecular weight is 333 g/mol. The summed E-state index contributed by atoms with van der Waals surface area (Å²) in [6.45, 7) is 1.57. The van der Waals surface area contributed by atoms with Crippen LogP contribution in [0.3, 0.4) is 0 Å². The number of piperidine rings is 1. The Bertz CT molecular complexity index is 684. The van der Waals surface area contributed by atoms with Gasteiger partial charge in [-0.3, -0.25) is 4.79 Å². The quantitative estimate of drug-likeness (QED) is 0.778. The lowest BCUT2D eigenvalue weighted by Gasteiger charge is -2.32. The molecule has 7 nitrogen and oxygen atoms in total. The van der Waals surface area contributed by atoms with Gasteiger partial charge in [0.05, 0.1) is 16.8 Å². The van der Waals surface area contributed by atoms with Crippen molar-refractivity contribution < 1.29 is 9.59 Å². The highest BCUT2D eigenvalue weighted by molar-refractivity contribution is 7.22. The minimum atomic E-state index is -0.695. The standard InChI is InChI=1S/C15H19N5O2S/c16-14(22)17-8-13(21)18-10-4-3-7-20(9-10)15-19-11-5-1-2-6-12(11)23-15/h1-2,5-6,10H,3-4,7-9H2,(H,18,21)(H3,16,17,22). The van der Waals surface area contributed by atoms with E-state index in [4.69, 9.17) is 5.73 Å². The van der Waals surface area contributed by atoms with Crippen molar-refractivity contribution in [1.82, 2.24) is 15.6 Å². The maximum atomic E-state index is 11.8. The van der Waals surface area contributed by atoms with Crippen molar-refractivity contribution >= 4 is 38.6 Å². The molecule has 23 heavy (non-hydrogen) atoms. The Kier molecular flexibility index (Phi) is 4.61. The molecule has 1 fully saturated rings. The van der Waals surface area contributed by atoms with Gasteiger partial charge >= 0.3 is 6.03 Å². The Morgan fingerprint density at radius 1 is 1.39 bits per heavy atom. The number of urea groups is 1. The van der Waals surface area contributed by atoms with Crippen LogP contribution in [-0.4, -0.2) is 42.6 Å². The van der Waals surface area contributed by atoms with Gasteiger partial charge in [0.1, 0.15) is 0 Å². The number of primary amides is 1. The number of thiazole rings is 1. The minimum absolute atomic E-state index is 0.0536. The fourth-order valence-corrected chi connectivity index (χ4v) is 3.71. The normalized spacial score (nSPS) is 17.9. The molecular formula is C15H19N5O2S. The molecule has 0 bridgehead atoms. The van der Waals surface area contributed by atoms with Gasteiger partial charge in [-0.15, -0.1) is 0 Å². The van der Waals surface area contributed by atoms with Gasteiger partial charge in [0.2, 0.25) is 5.91 Å². The van der Waals surface area contributed by atoms with E-state index in [0.717, 1.165) is 36.6 Å². The first-order valence-electron chi connectivity index (χ1n) is 7.55. The van der Waals surface area contributed by atoms with Crippen LogP contribution >= 0.6 is 11.3 Å². The van der Waals surface area contributed by atoms with Crippen molar-refractivity contribution in [3.63, 3.8) is 0 Å². The van der Waals surface area contributed by atoms with Crippen LogP contribution in [0, 0.1) is 0 Å². The van der Waals surface area contributed by atoms with Crippen molar-refractivity contribution in [1.29, 1.82) is 0 Å². The van der Waals surface area contributed by atoms with Gasteiger partial charge in [0.25, 0.3) is 0 Å². The molecule has 1 aliphatic heterocycles. The number of fused-ring (bicyclic) bond motifs is 1. The van der Waals surface area contributed by atoms with E-state index in [1.54, 1.807) is 11.3 Å². The van der Waals surface area contributed by atoms with E-state index in [9.17, 15) is 9.59 Å². The monoisotopic (exact) mass is 333 g/mol. The molecule has 1 atom stereocenters. The molecule has 1 aromatic carbocycles. The molecule has 0 saturated carbocycles. The summed E-state index contributed by atoms with van der Waals surface area (Å²) in [6.07, 6.45) is 1.91. The van der Waals surface area contributed by atoms with Crippen LogP contribution in [0.2, 0.25) is 0 Å². The number of nitrogens with zero attached hydrogens (tertiary/aromatic N) is 2. The molecule has 0 aliphatic carbocycles. The zero-order valence-corrected chi connectivity index (χ0v) is 13.4. The van der Waals surface area contributed by atoms with Gasteiger partial charge in [0, 0.05) is 19.1 Å². The van der Waals surface area contributed by atoms with E-state index in [1.807, 2.05) is 18.2 Å². The SMILES string of the molecule is NC(=O)NCC(=O)NC1CCCN(c2nc3ccccc3s2)C1. The number of anilines is 1. The first-order valence-corrected chi connectivity index (χ1v) is 8.36. The summed E-state index contributed by atoms with van der Waals surface area (Å²) in [7, 11) is 0. The average Bonchev–Trinajstić information content (AvgIpc) is 2.97. The zero-order valence-electron chi connectivity index (χ0n) is 12.6. The number of rotatable bonds is 4. The number of carbonyl (C=O) groups is 2. The van der Waals surface area contributed by atoms with Crippen molar-refractivity contribution in [2.24, 2.45) is 5.73 Å². The lowest BCUT2D eigenvalue weighted by molar-refractivity contribution is -0.120. The zero-order chi connectivity index (χ0) is 16.2. The predicted molar refractivity (Wildman–Crippen MR) is 90.6 cm³/mol. The maximum Gasteiger partial charge on any atom is 0.312 e. The Labute approximate surface area is 137 Å². The molecule has 3 rings (SSSR count). The first kappa shape index (κ1) is 15.5. The number of nitrogens with one attached hydrogen (secondary N) is 2. The van der Waals surface area contributed by atoms with Crippen LogP contribution in [0.4, 0.5) is 9.93 Å². The number of nitrogens with two attached hydrogens (primary N) is 1. The second kappa shape index (κ2) is 6.82. The number of amides is 3. The molecule has 1 saturated heterocycles. The lowest BCUT2D eigenvalue weighted by atomic mass is 10.1. The van der Waals surface area contributed by atoms with Gasteiger partial charge in [0.15, 0.2) is 5.13 Å². The summed E-state index contributed by atoms with van der Waals surface area (Å²) < 4.78 is 1.17.